The second-order valence-corrected chi connectivity index (χ2v) is 8.37. The van der Waals surface area contributed by atoms with E-state index in [0.29, 0.717) is 6.04 Å². The molecule has 0 aromatic carbocycles. The molecule has 2 rings (SSSR count). The summed E-state index contributed by atoms with van der Waals surface area (Å²) in [6.07, 6.45) is 6.84. The second-order valence-electron chi connectivity index (χ2n) is 8.37. The molecule has 1 saturated carbocycles. The number of hydrogen-bond acceptors (Lipinski definition) is 2. The number of urea groups is 1. The SMILES string of the molecule is CNC(=O)C1CCC(NC(=O)N2CCCC2CC(C)(C)C)CC1. The molecule has 1 atom stereocenters. The summed E-state index contributed by atoms with van der Waals surface area (Å²) in [4.78, 5) is 26.3. The van der Waals surface area contributed by atoms with Crippen molar-refractivity contribution in [2.45, 2.75) is 77.8 Å². The van der Waals surface area contributed by atoms with Gasteiger partial charge in [-0.15, -0.1) is 0 Å². The van der Waals surface area contributed by atoms with Crippen molar-refractivity contribution in [1.29, 1.82) is 0 Å². The molecule has 0 spiro atoms. The molecule has 1 aliphatic heterocycles. The maximum Gasteiger partial charge on any atom is 0.317 e. The molecular weight excluding hydrogens is 290 g/mol. The molecule has 1 heterocycles. The van der Waals surface area contributed by atoms with Gasteiger partial charge in [-0.1, -0.05) is 20.8 Å². The molecule has 1 saturated heterocycles. The van der Waals surface area contributed by atoms with Crippen LogP contribution in [0.3, 0.4) is 0 Å². The molecule has 2 N–H and O–H groups in total. The Labute approximate surface area is 140 Å². The molecule has 2 fully saturated rings. The third-order valence-electron chi connectivity index (χ3n) is 5.16. The van der Waals surface area contributed by atoms with Gasteiger partial charge in [0.1, 0.15) is 0 Å². The van der Waals surface area contributed by atoms with Gasteiger partial charge < -0.3 is 15.5 Å². The number of nitrogens with zero attached hydrogens (tertiary/aromatic N) is 1. The van der Waals surface area contributed by atoms with Gasteiger partial charge in [0, 0.05) is 31.6 Å². The number of hydrogen-bond donors (Lipinski definition) is 2. The summed E-state index contributed by atoms with van der Waals surface area (Å²) in [6.45, 7) is 7.59. The molecule has 2 aliphatic rings. The van der Waals surface area contributed by atoms with E-state index in [1.54, 1.807) is 7.05 Å². The van der Waals surface area contributed by atoms with Crippen molar-refractivity contribution in [2.24, 2.45) is 11.3 Å². The highest BCUT2D eigenvalue weighted by Crippen LogP contribution is 2.30. The van der Waals surface area contributed by atoms with Gasteiger partial charge >= 0.3 is 6.03 Å². The fourth-order valence-electron chi connectivity index (χ4n) is 3.98. The van der Waals surface area contributed by atoms with E-state index < -0.39 is 0 Å². The number of nitrogens with one attached hydrogen (secondary N) is 2. The first kappa shape index (κ1) is 18.1. The summed E-state index contributed by atoms with van der Waals surface area (Å²) in [6, 6.07) is 0.691. The minimum absolute atomic E-state index is 0.0974. The molecule has 5 heteroatoms. The highest BCUT2D eigenvalue weighted by molar-refractivity contribution is 5.78. The van der Waals surface area contributed by atoms with E-state index in [4.69, 9.17) is 0 Å². The standard InChI is InChI=1S/C18H33N3O2/c1-18(2,3)12-15-6-5-11-21(15)17(23)20-14-9-7-13(8-10-14)16(22)19-4/h13-15H,5-12H2,1-4H3,(H,19,22)(H,20,23). The van der Waals surface area contributed by atoms with E-state index in [1.165, 1.54) is 0 Å². The normalized spacial score (nSPS) is 28.5. The number of amides is 3. The minimum Gasteiger partial charge on any atom is -0.359 e. The molecule has 23 heavy (non-hydrogen) atoms. The Hall–Kier alpha value is -1.26. The van der Waals surface area contributed by atoms with E-state index in [-0.39, 0.29) is 29.3 Å². The predicted octanol–water partition coefficient (Wildman–Crippen LogP) is 2.90. The van der Waals surface area contributed by atoms with E-state index in [0.717, 1.165) is 51.5 Å². The van der Waals surface area contributed by atoms with Crippen molar-refractivity contribution in [3.63, 3.8) is 0 Å². The molecule has 3 amide bonds. The highest BCUT2D eigenvalue weighted by Gasteiger charge is 2.33. The van der Waals surface area contributed by atoms with Gasteiger partial charge in [-0.25, -0.2) is 4.79 Å². The van der Waals surface area contributed by atoms with E-state index in [1.807, 2.05) is 4.90 Å². The van der Waals surface area contributed by atoms with Crippen LogP contribution in [-0.4, -0.2) is 42.5 Å². The summed E-state index contributed by atoms with van der Waals surface area (Å²) in [5.41, 5.74) is 0.249. The second kappa shape index (κ2) is 7.54. The molecule has 0 aromatic rings. The first-order valence-corrected chi connectivity index (χ1v) is 9.09. The zero-order valence-electron chi connectivity index (χ0n) is 15.2. The fraction of sp³-hybridized carbons (Fsp3) is 0.889. The first-order chi connectivity index (χ1) is 10.8. The van der Waals surface area contributed by atoms with Gasteiger partial charge in [0.25, 0.3) is 0 Å². The van der Waals surface area contributed by atoms with Crippen LogP contribution in [0.2, 0.25) is 0 Å². The van der Waals surface area contributed by atoms with Crippen LogP contribution < -0.4 is 10.6 Å². The molecule has 0 bridgehead atoms. The van der Waals surface area contributed by atoms with Crippen LogP contribution in [0, 0.1) is 11.3 Å². The Kier molecular flexibility index (Phi) is 5.93. The van der Waals surface area contributed by atoms with Crippen molar-refractivity contribution >= 4 is 11.9 Å². The lowest BCUT2D eigenvalue weighted by Gasteiger charge is -2.33. The van der Waals surface area contributed by atoms with Crippen LogP contribution in [0.25, 0.3) is 0 Å². The smallest absolute Gasteiger partial charge is 0.317 e. The maximum absolute atomic E-state index is 12.6. The summed E-state index contributed by atoms with van der Waals surface area (Å²) >= 11 is 0. The zero-order chi connectivity index (χ0) is 17.0. The van der Waals surface area contributed by atoms with Crippen LogP contribution >= 0.6 is 0 Å². The number of rotatable bonds is 3. The van der Waals surface area contributed by atoms with E-state index in [2.05, 4.69) is 31.4 Å². The summed E-state index contributed by atoms with van der Waals surface area (Å²) in [5.74, 6) is 0.258. The van der Waals surface area contributed by atoms with Gasteiger partial charge in [0.15, 0.2) is 0 Å². The Morgan fingerprint density at radius 1 is 1.09 bits per heavy atom. The van der Waals surface area contributed by atoms with Crippen molar-refractivity contribution in [3.05, 3.63) is 0 Å². The zero-order valence-corrected chi connectivity index (χ0v) is 15.2. The van der Waals surface area contributed by atoms with Gasteiger partial charge in [0.2, 0.25) is 5.91 Å². The van der Waals surface area contributed by atoms with Crippen LogP contribution in [0.4, 0.5) is 4.79 Å². The Morgan fingerprint density at radius 3 is 2.30 bits per heavy atom. The third kappa shape index (κ3) is 5.11. The minimum atomic E-state index is 0.0974. The Balaban J connectivity index is 1.82. The summed E-state index contributed by atoms with van der Waals surface area (Å²) in [7, 11) is 1.69. The van der Waals surface area contributed by atoms with Crippen molar-refractivity contribution < 1.29 is 9.59 Å². The Bertz CT molecular complexity index is 422. The molecular formula is C18H33N3O2. The van der Waals surface area contributed by atoms with Crippen LogP contribution in [-0.2, 0) is 4.79 Å². The first-order valence-electron chi connectivity index (χ1n) is 9.09. The molecule has 1 unspecified atom stereocenters. The third-order valence-corrected chi connectivity index (χ3v) is 5.16. The lowest BCUT2D eigenvalue weighted by molar-refractivity contribution is -0.125. The predicted molar refractivity (Wildman–Crippen MR) is 92.1 cm³/mol. The monoisotopic (exact) mass is 323 g/mol. The quantitative estimate of drug-likeness (QED) is 0.839. The number of likely N-dealkylation sites (tertiary alicyclic amines) is 1. The molecule has 132 valence electrons. The molecule has 1 aliphatic carbocycles. The van der Waals surface area contributed by atoms with Gasteiger partial charge in [-0.05, 0) is 50.4 Å². The Morgan fingerprint density at radius 2 is 1.74 bits per heavy atom. The van der Waals surface area contributed by atoms with Crippen LogP contribution in [0.15, 0.2) is 0 Å². The van der Waals surface area contributed by atoms with E-state index in [9.17, 15) is 9.59 Å². The van der Waals surface area contributed by atoms with Gasteiger partial charge in [-0.3, -0.25) is 4.79 Å². The lowest BCUT2D eigenvalue weighted by atomic mass is 9.85. The van der Waals surface area contributed by atoms with Crippen molar-refractivity contribution in [3.8, 4) is 0 Å². The largest absolute Gasteiger partial charge is 0.359 e. The van der Waals surface area contributed by atoms with Gasteiger partial charge in [-0.2, -0.15) is 0 Å². The number of carbonyl (C=O) groups excluding carboxylic acids is 2. The van der Waals surface area contributed by atoms with Crippen LogP contribution in [0.1, 0.15) is 65.7 Å². The maximum atomic E-state index is 12.6. The van der Waals surface area contributed by atoms with Crippen LogP contribution in [0.5, 0.6) is 0 Å². The molecule has 0 aromatic heterocycles. The molecule has 0 radical (unpaired) electrons. The van der Waals surface area contributed by atoms with Crippen molar-refractivity contribution in [1.82, 2.24) is 15.5 Å². The average molecular weight is 323 g/mol. The highest BCUT2D eigenvalue weighted by atomic mass is 16.2. The summed E-state index contributed by atoms with van der Waals surface area (Å²) < 4.78 is 0. The number of carbonyl (C=O) groups is 2. The average Bonchev–Trinajstić information content (AvgIpc) is 2.93. The topological polar surface area (TPSA) is 61.4 Å². The van der Waals surface area contributed by atoms with Gasteiger partial charge in [0.05, 0.1) is 0 Å². The fourth-order valence-corrected chi connectivity index (χ4v) is 3.98. The molecule has 5 nitrogen and oxygen atoms in total. The lowest BCUT2D eigenvalue weighted by Crippen LogP contribution is -2.49. The summed E-state index contributed by atoms with van der Waals surface area (Å²) in [5, 5.41) is 5.94. The van der Waals surface area contributed by atoms with Crippen molar-refractivity contribution in [2.75, 3.05) is 13.6 Å². The van der Waals surface area contributed by atoms with E-state index >= 15 is 0 Å².